The van der Waals surface area contributed by atoms with Crippen LogP contribution in [0.1, 0.15) is 18.3 Å². The van der Waals surface area contributed by atoms with Gasteiger partial charge < -0.3 is 14.8 Å². The third-order valence-electron chi connectivity index (χ3n) is 4.95. The Kier molecular flexibility index (Phi) is 5.09. The summed E-state index contributed by atoms with van der Waals surface area (Å²) in [6.07, 6.45) is 2.83. The molecular formula is C21H22N4O2S. The van der Waals surface area contributed by atoms with E-state index in [1.807, 2.05) is 53.3 Å². The molecule has 1 N–H and O–H groups in total. The summed E-state index contributed by atoms with van der Waals surface area (Å²) in [4.78, 5) is 30.8. The third-order valence-corrected chi connectivity index (χ3v) is 5.49. The maximum absolute atomic E-state index is 12.7. The van der Waals surface area contributed by atoms with E-state index in [0.717, 1.165) is 46.0 Å². The second kappa shape index (κ2) is 7.67. The van der Waals surface area contributed by atoms with Crippen LogP contribution < -0.4 is 10.2 Å². The first-order chi connectivity index (χ1) is 13.6. The number of anilines is 2. The molecule has 0 saturated carbocycles. The molecule has 0 saturated heterocycles. The maximum atomic E-state index is 12.7. The van der Waals surface area contributed by atoms with Gasteiger partial charge in [-0.15, -0.1) is 0 Å². The average Bonchev–Trinajstić information content (AvgIpc) is 3.24. The van der Waals surface area contributed by atoms with Crippen LogP contribution in [0.2, 0.25) is 0 Å². The predicted octanol–water partition coefficient (Wildman–Crippen LogP) is 3.45. The van der Waals surface area contributed by atoms with Crippen LogP contribution in [0.15, 0.2) is 42.5 Å². The minimum Gasteiger partial charge on any atom is -0.325 e. The molecule has 0 atom stereocenters. The smallest absolute Gasteiger partial charge is 0.244 e. The summed E-state index contributed by atoms with van der Waals surface area (Å²) in [5, 5.41) is 2.99. The van der Waals surface area contributed by atoms with Crippen LogP contribution >= 0.6 is 11.8 Å². The summed E-state index contributed by atoms with van der Waals surface area (Å²) in [6.45, 7) is 2.49. The normalized spacial score (nSPS) is 13.0. The fourth-order valence-electron chi connectivity index (χ4n) is 3.69. The minimum absolute atomic E-state index is 0.0452. The highest BCUT2D eigenvalue weighted by Gasteiger charge is 2.22. The third kappa shape index (κ3) is 3.49. The first-order valence-electron chi connectivity index (χ1n) is 9.21. The van der Waals surface area contributed by atoms with Crippen LogP contribution in [-0.2, 0) is 28.3 Å². The van der Waals surface area contributed by atoms with Crippen molar-refractivity contribution >= 4 is 46.0 Å². The number of imidazole rings is 1. The molecule has 0 aliphatic carbocycles. The van der Waals surface area contributed by atoms with E-state index in [9.17, 15) is 9.59 Å². The van der Waals surface area contributed by atoms with E-state index < -0.39 is 0 Å². The highest BCUT2D eigenvalue weighted by atomic mass is 32.2. The SMILES string of the molecule is CSCc1nc2ccccc2n1CC(=O)Nc1ccc2c(c1)CCN2C(C)=O. The molecule has 0 spiro atoms. The number of rotatable bonds is 5. The van der Waals surface area contributed by atoms with Crippen molar-refractivity contribution in [3.8, 4) is 0 Å². The summed E-state index contributed by atoms with van der Waals surface area (Å²) in [5.41, 5.74) is 4.65. The van der Waals surface area contributed by atoms with E-state index in [-0.39, 0.29) is 18.4 Å². The Balaban J connectivity index is 1.54. The van der Waals surface area contributed by atoms with E-state index >= 15 is 0 Å². The number of benzene rings is 2. The largest absolute Gasteiger partial charge is 0.325 e. The molecule has 1 aliphatic rings. The van der Waals surface area contributed by atoms with Crippen LogP contribution in [0, 0.1) is 0 Å². The van der Waals surface area contributed by atoms with Gasteiger partial charge >= 0.3 is 0 Å². The fourth-order valence-corrected chi connectivity index (χ4v) is 4.17. The molecule has 0 bridgehead atoms. The quantitative estimate of drug-likeness (QED) is 0.720. The fraction of sp³-hybridized carbons (Fsp3) is 0.286. The van der Waals surface area contributed by atoms with Crippen LogP contribution in [0.25, 0.3) is 11.0 Å². The Bertz CT molecular complexity index is 1060. The number of carbonyl (C=O) groups excluding carboxylic acids is 2. The number of amides is 2. The van der Waals surface area contributed by atoms with Crippen LogP contribution in [-0.4, -0.2) is 34.2 Å². The van der Waals surface area contributed by atoms with E-state index in [0.29, 0.717) is 6.54 Å². The molecule has 0 unspecified atom stereocenters. The van der Waals surface area contributed by atoms with Gasteiger partial charge in [-0.2, -0.15) is 11.8 Å². The monoisotopic (exact) mass is 394 g/mol. The van der Waals surface area contributed by atoms with E-state index in [2.05, 4.69) is 10.3 Å². The first-order valence-corrected chi connectivity index (χ1v) is 10.6. The van der Waals surface area contributed by atoms with Gasteiger partial charge in [-0.05, 0) is 48.6 Å². The Morgan fingerprint density at radius 1 is 1.21 bits per heavy atom. The van der Waals surface area contributed by atoms with Gasteiger partial charge in [0, 0.05) is 24.8 Å². The van der Waals surface area contributed by atoms with Crippen molar-refractivity contribution in [3.63, 3.8) is 0 Å². The Morgan fingerprint density at radius 3 is 2.82 bits per heavy atom. The molecule has 1 aliphatic heterocycles. The summed E-state index contributed by atoms with van der Waals surface area (Å²) >= 11 is 1.68. The number of fused-ring (bicyclic) bond motifs is 2. The van der Waals surface area contributed by atoms with E-state index in [1.165, 1.54) is 0 Å². The van der Waals surface area contributed by atoms with Gasteiger partial charge in [0.25, 0.3) is 0 Å². The first kappa shape index (κ1) is 18.6. The molecule has 1 aromatic heterocycles. The lowest BCUT2D eigenvalue weighted by Crippen LogP contribution is -2.25. The van der Waals surface area contributed by atoms with Crippen molar-refractivity contribution in [2.45, 2.75) is 25.6 Å². The van der Waals surface area contributed by atoms with E-state index in [1.54, 1.807) is 23.6 Å². The zero-order valence-corrected chi connectivity index (χ0v) is 16.8. The van der Waals surface area contributed by atoms with Crippen molar-refractivity contribution in [1.82, 2.24) is 9.55 Å². The van der Waals surface area contributed by atoms with Crippen LogP contribution in [0.3, 0.4) is 0 Å². The molecule has 2 heterocycles. The van der Waals surface area contributed by atoms with Crippen molar-refractivity contribution in [1.29, 1.82) is 0 Å². The van der Waals surface area contributed by atoms with Gasteiger partial charge in [0.1, 0.15) is 12.4 Å². The maximum Gasteiger partial charge on any atom is 0.244 e. The summed E-state index contributed by atoms with van der Waals surface area (Å²) in [7, 11) is 0. The number of hydrogen-bond acceptors (Lipinski definition) is 4. The number of para-hydroxylation sites is 2. The molecule has 4 rings (SSSR count). The Hall–Kier alpha value is -2.80. The molecule has 3 aromatic rings. The van der Waals surface area contributed by atoms with Crippen molar-refractivity contribution < 1.29 is 9.59 Å². The Labute approximate surface area is 167 Å². The molecule has 28 heavy (non-hydrogen) atoms. The lowest BCUT2D eigenvalue weighted by molar-refractivity contribution is -0.117. The number of carbonyl (C=O) groups is 2. The highest BCUT2D eigenvalue weighted by Crippen LogP contribution is 2.30. The summed E-state index contributed by atoms with van der Waals surface area (Å²) in [5.74, 6) is 1.60. The second-order valence-electron chi connectivity index (χ2n) is 6.85. The Morgan fingerprint density at radius 2 is 2.04 bits per heavy atom. The van der Waals surface area contributed by atoms with Gasteiger partial charge in [0.15, 0.2) is 0 Å². The molecular weight excluding hydrogens is 372 g/mol. The molecule has 6 nitrogen and oxygen atoms in total. The van der Waals surface area contributed by atoms with E-state index in [4.69, 9.17) is 0 Å². The number of nitrogens with zero attached hydrogens (tertiary/aromatic N) is 3. The highest BCUT2D eigenvalue weighted by molar-refractivity contribution is 7.97. The predicted molar refractivity (Wildman–Crippen MR) is 114 cm³/mol. The van der Waals surface area contributed by atoms with Crippen molar-refractivity contribution in [3.05, 3.63) is 53.9 Å². The number of aromatic nitrogens is 2. The second-order valence-corrected chi connectivity index (χ2v) is 7.71. The molecule has 7 heteroatoms. The number of nitrogens with one attached hydrogen (secondary N) is 1. The van der Waals surface area contributed by atoms with Crippen molar-refractivity contribution in [2.75, 3.05) is 23.0 Å². The molecule has 2 aromatic carbocycles. The van der Waals surface area contributed by atoms with Crippen LogP contribution in [0.5, 0.6) is 0 Å². The van der Waals surface area contributed by atoms with Gasteiger partial charge in [-0.3, -0.25) is 9.59 Å². The molecule has 0 fully saturated rings. The number of thioether (sulfide) groups is 1. The number of hydrogen-bond donors (Lipinski definition) is 1. The molecule has 144 valence electrons. The van der Waals surface area contributed by atoms with Gasteiger partial charge in [-0.1, -0.05) is 12.1 Å². The van der Waals surface area contributed by atoms with Crippen LogP contribution in [0.4, 0.5) is 11.4 Å². The zero-order chi connectivity index (χ0) is 19.7. The lowest BCUT2D eigenvalue weighted by atomic mass is 10.1. The lowest BCUT2D eigenvalue weighted by Gasteiger charge is -2.15. The van der Waals surface area contributed by atoms with Crippen molar-refractivity contribution in [2.24, 2.45) is 0 Å². The summed E-state index contributed by atoms with van der Waals surface area (Å²) in [6, 6.07) is 13.6. The average molecular weight is 395 g/mol. The van der Waals surface area contributed by atoms with Gasteiger partial charge in [0.05, 0.1) is 16.8 Å². The minimum atomic E-state index is -0.0909. The van der Waals surface area contributed by atoms with Gasteiger partial charge in [0.2, 0.25) is 11.8 Å². The molecule has 2 amide bonds. The zero-order valence-electron chi connectivity index (χ0n) is 15.9. The molecule has 0 radical (unpaired) electrons. The topological polar surface area (TPSA) is 67.2 Å². The standard InChI is InChI=1S/C21H22N4O2S/c1-14(26)24-10-9-15-11-16(7-8-18(15)24)22-21(27)12-25-19-6-4-3-5-17(19)23-20(25)13-28-2/h3-8,11H,9-10,12-13H2,1-2H3,(H,22,27). The summed E-state index contributed by atoms with van der Waals surface area (Å²) < 4.78 is 1.98. The van der Waals surface area contributed by atoms with Gasteiger partial charge in [-0.25, -0.2) is 4.98 Å².